The standard InChI is InChI=1S/C7H11NO3/c1-2-7(9)11-8-4-3-5-10-6-8/h2H,1,3-6H2. The van der Waals surface area contributed by atoms with E-state index < -0.39 is 5.97 Å². The SMILES string of the molecule is C=CC(=O)ON1CCCOC1. The lowest BCUT2D eigenvalue weighted by molar-refractivity contribution is -0.221. The van der Waals surface area contributed by atoms with Gasteiger partial charge in [0.25, 0.3) is 0 Å². The van der Waals surface area contributed by atoms with Crippen LogP contribution in [-0.4, -0.2) is 30.9 Å². The van der Waals surface area contributed by atoms with Gasteiger partial charge in [-0.2, -0.15) is 0 Å². The zero-order chi connectivity index (χ0) is 8.10. The fourth-order valence-electron chi connectivity index (χ4n) is 0.810. The van der Waals surface area contributed by atoms with Crippen molar-refractivity contribution in [1.29, 1.82) is 0 Å². The van der Waals surface area contributed by atoms with Crippen molar-refractivity contribution in [3.8, 4) is 0 Å². The smallest absolute Gasteiger partial charge is 0.349 e. The number of hydrogen-bond acceptors (Lipinski definition) is 4. The van der Waals surface area contributed by atoms with Crippen molar-refractivity contribution in [2.24, 2.45) is 0 Å². The summed E-state index contributed by atoms with van der Waals surface area (Å²) in [7, 11) is 0. The molecule has 11 heavy (non-hydrogen) atoms. The highest BCUT2D eigenvalue weighted by molar-refractivity contribution is 5.80. The summed E-state index contributed by atoms with van der Waals surface area (Å²) in [6.45, 7) is 5.12. The number of carbonyl (C=O) groups is 1. The Balaban J connectivity index is 2.24. The maximum absolute atomic E-state index is 10.6. The lowest BCUT2D eigenvalue weighted by atomic mass is 10.4. The molecule has 1 aliphatic heterocycles. The van der Waals surface area contributed by atoms with E-state index in [1.165, 1.54) is 5.06 Å². The predicted molar refractivity (Wildman–Crippen MR) is 38.4 cm³/mol. The molecule has 1 fully saturated rings. The van der Waals surface area contributed by atoms with Crippen LogP contribution in [-0.2, 0) is 14.4 Å². The van der Waals surface area contributed by atoms with Crippen LogP contribution in [0.2, 0.25) is 0 Å². The minimum absolute atomic E-state index is 0.361. The van der Waals surface area contributed by atoms with Crippen LogP contribution in [0.15, 0.2) is 12.7 Å². The van der Waals surface area contributed by atoms with E-state index in [2.05, 4.69) is 6.58 Å². The molecule has 4 heteroatoms. The first-order valence-electron chi connectivity index (χ1n) is 3.50. The van der Waals surface area contributed by atoms with Crippen molar-refractivity contribution in [1.82, 2.24) is 5.06 Å². The monoisotopic (exact) mass is 157 g/mol. The Morgan fingerprint density at radius 2 is 2.55 bits per heavy atom. The van der Waals surface area contributed by atoms with Crippen LogP contribution in [0.5, 0.6) is 0 Å². The van der Waals surface area contributed by atoms with E-state index in [1.807, 2.05) is 0 Å². The lowest BCUT2D eigenvalue weighted by Gasteiger charge is -2.24. The third-order valence-electron chi connectivity index (χ3n) is 1.32. The highest BCUT2D eigenvalue weighted by atomic mass is 16.7. The molecule has 0 aromatic carbocycles. The summed E-state index contributed by atoms with van der Waals surface area (Å²) in [6.07, 6.45) is 2.03. The van der Waals surface area contributed by atoms with E-state index in [9.17, 15) is 4.79 Å². The number of carbonyl (C=O) groups excluding carboxylic acids is 1. The minimum Gasteiger partial charge on any atom is -0.363 e. The molecule has 0 aromatic rings. The Labute approximate surface area is 65.3 Å². The molecule has 0 bridgehead atoms. The Kier molecular flexibility index (Phi) is 3.07. The Bertz CT molecular complexity index is 152. The summed E-state index contributed by atoms with van der Waals surface area (Å²) < 4.78 is 5.04. The molecule has 0 saturated carbocycles. The van der Waals surface area contributed by atoms with E-state index in [0.29, 0.717) is 6.73 Å². The van der Waals surface area contributed by atoms with Crippen LogP contribution in [0.3, 0.4) is 0 Å². The third-order valence-corrected chi connectivity index (χ3v) is 1.32. The number of hydrogen-bond donors (Lipinski definition) is 0. The Morgan fingerprint density at radius 1 is 1.73 bits per heavy atom. The van der Waals surface area contributed by atoms with Crippen molar-refractivity contribution in [2.45, 2.75) is 6.42 Å². The topological polar surface area (TPSA) is 38.8 Å². The van der Waals surface area contributed by atoms with Crippen molar-refractivity contribution in [3.63, 3.8) is 0 Å². The summed E-state index contributed by atoms with van der Waals surface area (Å²) >= 11 is 0. The molecule has 0 amide bonds. The summed E-state index contributed by atoms with van der Waals surface area (Å²) in [4.78, 5) is 15.4. The fraction of sp³-hybridized carbons (Fsp3) is 0.571. The zero-order valence-electron chi connectivity index (χ0n) is 6.28. The van der Waals surface area contributed by atoms with Crippen LogP contribution in [0, 0.1) is 0 Å². The normalized spacial score (nSPS) is 19.3. The van der Waals surface area contributed by atoms with Crippen molar-refractivity contribution >= 4 is 5.97 Å². The molecule has 1 rings (SSSR count). The molecule has 0 aliphatic carbocycles. The Hall–Kier alpha value is -0.870. The minimum atomic E-state index is -0.435. The van der Waals surface area contributed by atoms with Gasteiger partial charge in [-0.25, -0.2) is 4.79 Å². The second kappa shape index (κ2) is 4.10. The lowest BCUT2D eigenvalue weighted by Crippen LogP contribution is -2.34. The van der Waals surface area contributed by atoms with Crippen molar-refractivity contribution in [3.05, 3.63) is 12.7 Å². The van der Waals surface area contributed by atoms with Gasteiger partial charge in [-0.3, -0.25) is 0 Å². The highest BCUT2D eigenvalue weighted by Gasteiger charge is 2.12. The number of hydroxylamine groups is 2. The molecule has 0 atom stereocenters. The van der Waals surface area contributed by atoms with Gasteiger partial charge in [-0.05, 0) is 6.42 Å². The van der Waals surface area contributed by atoms with Gasteiger partial charge in [0.2, 0.25) is 0 Å². The maximum atomic E-state index is 10.6. The first-order chi connectivity index (χ1) is 5.33. The van der Waals surface area contributed by atoms with Gasteiger partial charge >= 0.3 is 5.97 Å². The molecule has 1 aliphatic rings. The van der Waals surface area contributed by atoms with Gasteiger partial charge in [0, 0.05) is 19.2 Å². The van der Waals surface area contributed by atoms with E-state index in [4.69, 9.17) is 9.57 Å². The molecule has 62 valence electrons. The summed E-state index contributed by atoms with van der Waals surface area (Å²) in [5.74, 6) is -0.435. The van der Waals surface area contributed by atoms with Gasteiger partial charge in [0.1, 0.15) is 6.73 Å². The highest BCUT2D eigenvalue weighted by Crippen LogP contribution is 2.01. The van der Waals surface area contributed by atoms with Gasteiger partial charge in [-0.15, -0.1) is 5.06 Å². The largest absolute Gasteiger partial charge is 0.363 e. The number of nitrogens with zero attached hydrogens (tertiary/aromatic N) is 1. The average molecular weight is 157 g/mol. The first-order valence-corrected chi connectivity index (χ1v) is 3.50. The van der Waals surface area contributed by atoms with Gasteiger partial charge in [-0.1, -0.05) is 6.58 Å². The molecular formula is C7H11NO3. The second-order valence-electron chi connectivity index (χ2n) is 2.21. The van der Waals surface area contributed by atoms with Gasteiger partial charge in [0.15, 0.2) is 0 Å². The van der Waals surface area contributed by atoms with Gasteiger partial charge in [0.05, 0.1) is 0 Å². The third kappa shape index (κ3) is 2.69. The first kappa shape index (κ1) is 8.23. The van der Waals surface area contributed by atoms with E-state index in [1.54, 1.807) is 0 Å². The molecular weight excluding hydrogens is 146 g/mol. The molecule has 1 heterocycles. The van der Waals surface area contributed by atoms with E-state index in [-0.39, 0.29) is 0 Å². The molecule has 0 aromatic heterocycles. The van der Waals surface area contributed by atoms with Crippen LogP contribution in [0.25, 0.3) is 0 Å². The second-order valence-corrected chi connectivity index (χ2v) is 2.21. The number of ether oxygens (including phenoxy) is 1. The van der Waals surface area contributed by atoms with Crippen molar-refractivity contribution < 1.29 is 14.4 Å². The molecule has 0 N–H and O–H groups in total. The Morgan fingerprint density at radius 3 is 3.09 bits per heavy atom. The number of rotatable bonds is 2. The van der Waals surface area contributed by atoms with Crippen molar-refractivity contribution in [2.75, 3.05) is 19.9 Å². The van der Waals surface area contributed by atoms with Gasteiger partial charge < -0.3 is 9.57 Å². The van der Waals surface area contributed by atoms with Crippen LogP contribution in [0.1, 0.15) is 6.42 Å². The quantitative estimate of drug-likeness (QED) is 0.541. The molecule has 4 nitrogen and oxygen atoms in total. The summed E-state index contributed by atoms with van der Waals surface area (Å²) in [5.41, 5.74) is 0. The zero-order valence-corrected chi connectivity index (χ0v) is 6.28. The van der Waals surface area contributed by atoms with Crippen LogP contribution in [0.4, 0.5) is 0 Å². The molecule has 1 saturated heterocycles. The molecule has 0 spiro atoms. The van der Waals surface area contributed by atoms with E-state index in [0.717, 1.165) is 25.6 Å². The summed E-state index contributed by atoms with van der Waals surface area (Å²) in [5, 5.41) is 1.48. The van der Waals surface area contributed by atoms with Crippen LogP contribution >= 0.6 is 0 Å². The average Bonchev–Trinajstić information content (AvgIpc) is 2.06. The summed E-state index contributed by atoms with van der Waals surface area (Å²) in [6, 6.07) is 0. The van der Waals surface area contributed by atoms with Crippen LogP contribution < -0.4 is 0 Å². The fourth-order valence-corrected chi connectivity index (χ4v) is 0.810. The maximum Gasteiger partial charge on any atom is 0.349 e. The molecule has 0 radical (unpaired) electrons. The molecule has 0 unspecified atom stereocenters. The van der Waals surface area contributed by atoms with E-state index >= 15 is 0 Å². The predicted octanol–water partition coefficient (Wildman–Crippen LogP) is 0.310.